The Kier molecular flexibility index (Phi) is 5.53. The van der Waals surface area contributed by atoms with E-state index in [-0.39, 0.29) is 0 Å². The molecule has 1 heterocycles. The number of benzene rings is 2. The maximum atomic E-state index is 12.0. The lowest BCUT2D eigenvalue weighted by Gasteiger charge is -2.18. The molecule has 2 aromatic rings. The third-order valence-corrected chi connectivity index (χ3v) is 3.68. The molecule has 1 aliphatic heterocycles. The maximum Gasteiger partial charge on any atom is 0.331 e. The zero-order chi connectivity index (χ0) is 18.4. The molecule has 0 fully saturated rings. The summed E-state index contributed by atoms with van der Waals surface area (Å²) in [5.41, 5.74) is 1.42. The van der Waals surface area contributed by atoms with Crippen molar-refractivity contribution in [1.82, 2.24) is 0 Å². The number of carbonyl (C=O) groups is 2. The first-order chi connectivity index (χ1) is 12.6. The molecule has 1 atom stereocenters. The Hall–Kier alpha value is -3.28. The first kappa shape index (κ1) is 17.5. The van der Waals surface area contributed by atoms with E-state index in [2.05, 4.69) is 5.32 Å². The van der Waals surface area contributed by atoms with Gasteiger partial charge >= 0.3 is 5.97 Å². The lowest BCUT2D eigenvalue weighted by atomic mass is 10.2. The van der Waals surface area contributed by atoms with Gasteiger partial charge in [-0.2, -0.15) is 0 Å². The van der Waals surface area contributed by atoms with E-state index in [9.17, 15) is 9.59 Å². The van der Waals surface area contributed by atoms with Crippen molar-refractivity contribution in [3.05, 3.63) is 60.2 Å². The fourth-order valence-electron chi connectivity index (χ4n) is 2.36. The molecule has 1 aliphatic rings. The van der Waals surface area contributed by atoms with E-state index in [0.717, 1.165) is 5.56 Å². The van der Waals surface area contributed by atoms with E-state index in [1.807, 2.05) is 24.3 Å². The molecule has 134 valence electrons. The monoisotopic (exact) mass is 353 g/mol. The SMILES string of the molecule is C[C@H](OC(=O)/C=C/c1ccc2c(c1)OCCO2)C(=O)Nc1ccccc1. The molecule has 0 radical (unpaired) electrons. The third-order valence-electron chi connectivity index (χ3n) is 3.68. The Morgan fingerprint density at radius 1 is 1.08 bits per heavy atom. The molecular formula is C20H19NO5. The topological polar surface area (TPSA) is 73.9 Å². The zero-order valence-electron chi connectivity index (χ0n) is 14.3. The molecule has 6 heteroatoms. The molecule has 1 amide bonds. The Balaban J connectivity index is 1.54. The molecule has 1 N–H and O–H groups in total. The van der Waals surface area contributed by atoms with Gasteiger partial charge in [-0.05, 0) is 42.8 Å². The molecule has 2 aromatic carbocycles. The predicted molar refractivity (Wildman–Crippen MR) is 97.1 cm³/mol. The largest absolute Gasteiger partial charge is 0.486 e. The van der Waals surface area contributed by atoms with Crippen molar-refractivity contribution in [3.63, 3.8) is 0 Å². The molecule has 0 aliphatic carbocycles. The summed E-state index contributed by atoms with van der Waals surface area (Å²) in [6.45, 7) is 2.54. The van der Waals surface area contributed by atoms with Crippen molar-refractivity contribution in [2.75, 3.05) is 18.5 Å². The van der Waals surface area contributed by atoms with Crippen molar-refractivity contribution in [3.8, 4) is 11.5 Å². The molecule has 26 heavy (non-hydrogen) atoms. The van der Waals surface area contributed by atoms with Crippen LogP contribution in [-0.4, -0.2) is 31.2 Å². The number of amides is 1. The Labute approximate surface area is 151 Å². The Bertz CT molecular complexity index is 816. The summed E-state index contributed by atoms with van der Waals surface area (Å²) >= 11 is 0. The number of anilines is 1. The highest BCUT2D eigenvalue weighted by molar-refractivity contribution is 5.96. The van der Waals surface area contributed by atoms with Crippen molar-refractivity contribution < 1.29 is 23.8 Å². The molecule has 0 saturated heterocycles. The standard InChI is InChI=1S/C20H19NO5/c1-14(20(23)21-16-5-3-2-4-6-16)26-19(22)10-8-15-7-9-17-18(13-15)25-12-11-24-17/h2-10,13-14H,11-12H2,1H3,(H,21,23)/b10-8+/t14-/m0/s1. The number of hydrogen-bond acceptors (Lipinski definition) is 5. The van der Waals surface area contributed by atoms with Gasteiger partial charge in [0.2, 0.25) is 0 Å². The molecular weight excluding hydrogens is 334 g/mol. The van der Waals surface area contributed by atoms with Gasteiger partial charge in [-0.3, -0.25) is 4.79 Å². The maximum absolute atomic E-state index is 12.0. The van der Waals surface area contributed by atoms with Crippen molar-refractivity contribution in [2.45, 2.75) is 13.0 Å². The van der Waals surface area contributed by atoms with E-state index in [1.54, 1.807) is 30.3 Å². The van der Waals surface area contributed by atoms with E-state index in [1.165, 1.54) is 13.0 Å². The summed E-state index contributed by atoms with van der Waals surface area (Å²) in [5.74, 6) is 0.331. The molecule has 6 nitrogen and oxygen atoms in total. The van der Waals surface area contributed by atoms with E-state index in [4.69, 9.17) is 14.2 Å². The molecule has 0 bridgehead atoms. The van der Waals surface area contributed by atoms with Gasteiger partial charge in [0.15, 0.2) is 17.6 Å². The van der Waals surface area contributed by atoms with Gasteiger partial charge in [-0.15, -0.1) is 0 Å². The number of esters is 1. The summed E-state index contributed by atoms with van der Waals surface area (Å²) in [4.78, 5) is 24.0. The highest BCUT2D eigenvalue weighted by Crippen LogP contribution is 2.31. The number of ether oxygens (including phenoxy) is 3. The van der Waals surface area contributed by atoms with Crippen LogP contribution in [0.3, 0.4) is 0 Å². The predicted octanol–water partition coefficient (Wildman–Crippen LogP) is 3.04. The second-order valence-corrected chi connectivity index (χ2v) is 5.67. The van der Waals surface area contributed by atoms with Crippen LogP contribution in [0.4, 0.5) is 5.69 Å². The van der Waals surface area contributed by atoms with Gasteiger partial charge in [0.1, 0.15) is 13.2 Å². The lowest BCUT2D eigenvalue weighted by Crippen LogP contribution is -2.29. The van der Waals surface area contributed by atoms with Crippen molar-refractivity contribution >= 4 is 23.6 Å². The summed E-state index contributed by atoms with van der Waals surface area (Å²) in [5, 5.41) is 2.68. The summed E-state index contributed by atoms with van der Waals surface area (Å²) < 4.78 is 16.1. The average Bonchev–Trinajstić information content (AvgIpc) is 2.67. The molecule has 0 unspecified atom stereocenters. The number of rotatable bonds is 5. The van der Waals surface area contributed by atoms with Gasteiger partial charge in [-0.25, -0.2) is 4.79 Å². The minimum absolute atomic E-state index is 0.391. The Morgan fingerprint density at radius 3 is 2.58 bits per heavy atom. The van der Waals surface area contributed by atoms with Gasteiger partial charge in [0.05, 0.1) is 0 Å². The summed E-state index contributed by atoms with van der Waals surface area (Å²) in [6.07, 6.45) is 1.97. The molecule has 0 spiro atoms. The van der Waals surface area contributed by atoms with Crippen LogP contribution in [0.2, 0.25) is 0 Å². The number of para-hydroxylation sites is 1. The van der Waals surface area contributed by atoms with Crippen molar-refractivity contribution in [2.24, 2.45) is 0 Å². The van der Waals surface area contributed by atoms with E-state index >= 15 is 0 Å². The number of hydrogen-bond donors (Lipinski definition) is 1. The zero-order valence-corrected chi connectivity index (χ0v) is 14.3. The third kappa shape index (κ3) is 4.63. The second-order valence-electron chi connectivity index (χ2n) is 5.67. The minimum atomic E-state index is -0.910. The van der Waals surface area contributed by atoms with Crippen LogP contribution in [0.5, 0.6) is 11.5 Å². The number of carbonyl (C=O) groups excluding carboxylic acids is 2. The van der Waals surface area contributed by atoms with Crippen LogP contribution in [0.1, 0.15) is 12.5 Å². The van der Waals surface area contributed by atoms with Crippen LogP contribution < -0.4 is 14.8 Å². The normalized spacial score (nSPS) is 13.9. The second kappa shape index (κ2) is 8.20. The number of nitrogens with one attached hydrogen (secondary N) is 1. The Morgan fingerprint density at radius 2 is 1.81 bits per heavy atom. The fraction of sp³-hybridized carbons (Fsp3) is 0.200. The number of fused-ring (bicyclic) bond motifs is 1. The first-order valence-electron chi connectivity index (χ1n) is 8.26. The van der Waals surface area contributed by atoms with Crippen LogP contribution in [-0.2, 0) is 14.3 Å². The highest BCUT2D eigenvalue weighted by Gasteiger charge is 2.16. The van der Waals surface area contributed by atoms with Gasteiger partial charge in [0, 0.05) is 11.8 Å². The smallest absolute Gasteiger partial charge is 0.331 e. The minimum Gasteiger partial charge on any atom is -0.486 e. The first-order valence-corrected chi connectivity index (χ1v) is 8.26. The van der Waals surface area contributed by atoms with E-state index < -0.39 is 18.0 Å². The highest BCUT2D eigenvalue weighted by atomic mass is 16.6. The fourth-order valence-corrected chi connectivity index (χ4v) is 2.36. The van der Waals surface area contributed by atoms with E-state index in [0.29, 0.717) is 30.4 Å². The van der Waals surface area contributed by atoms with Crippen LogP contribution in [0.15, 0.2) is 54.6 Å². The van der Waals surface area contributed by atoms with Crippen LogP contribution in [0, 0.1) is 0 Å². The van der Waals surface area contributed by atoms with Crippen LogP contribution in [0.25, 0.3) is 6.08 Å². The van der Waals surface area contributed by atoms with Gasteiger partial charge in [-0.1, -0.05) is 24.3 Å². The van der Waals surface area contributed by atoms with Gasteiger partial charge in [0.25, 0.3) is 5.91 Å². The quantitative estimate of drug-likeness (QED) is 0.661. The molecule has 0 aromatic heterocycles. The average molecular weight is 353 g/mol. The summed E-state index contributed by atoms with van der Waals surface area (Å²) in [7, 11) is 0. The van der Waals surface area contributed by atoms with Gasteiger partial charge < -0.3 is 19.5 Å². The van der Waals surface area contributed by atoms with Crippen LogP contribution >= 0.6 is 0 Å². The molecule has 3 rings (SSSR count). The molecule has 0 saturated carbocycles. The summed E-state index contributed by atoms with van der Waals surface area (Å²) in [6, 6.07) is 14.4. The lowest BCUT2D eigenvalue weighted by molar-refractivity contribution is -0.148. The van der Waals surface area contributed by atoms with Crippen molar-refractivity contribution in [1.29, 1.82) is 0 Å².